The Morgan fingerprint density at radius 2 is 1.78 bits per heavy atom. The van der Waals surface area contributed by atoms with E-state index < -0.39 is 0 Å². The second kappa shape index (κ2) is 8.81. The number of nitrogens with zero attached hydrogens (tertiary/aromatic N) is 5. The van der Waals surface area contributed by atoms with E-state index in [4.69, 9.17) is 4.98 Å². The summed E-state index contributed by atoms with van der Waals surface area (Å²) >= 11 is 0. The summed E-state index contributed by atoms with van der Waals surface area (Å²) in [4.78, 5) is 29.0. The molecule has 1 aromatic heterocycles. The summed E-state index contributed by atoms with van der Waals surface area (Å²) in [5.74, 6) is 0.984. The topological polar surface area (TPSA) is 52.6 Å². The number of amides is 1. The van der Waals surface area contributed by atoms with Crippen LogP contribution in [0.15, 0.2) is 24.4 Å². The van der Waals surface area contributed by atoms with E-state index in [1.807, 2.05) is 43.2 Å². The summed E-state index contributed by atoms with van der Waals surface area (Å²) < 4.78 is 0. The lowest BCUT2D eigenvalue weighted by atomic mass is 9.88. The Morgan fingerprint density at radius 3 is 2.56 bits per heavy atom. The Bertz CT molecular complexity index is 996. The van der Waals surface area contributed by atoms with Crippen LogP contribution < -0.4 is 4.90 Å². The third kappa shape index (κ3) is 4.13. The van der Waals surface area contributed by atoms with Crippen LogP contribution in [0.2, 0.25) is 0 Å². The largest absolute Gasteiger partial charge is 0.347 e. The molecule has 6 nitrogen and oxygen atoms in total. The number of carbonyl (C=O) groups is 1. The van der Waals surface area contributed by atoms with Crippen molar-refractivity contribution in [1.29, 1.82) is 0 Å². The summed E-state index contributed by atoms with van der Waals surface area (Å²) in [5.41, 5.74) is 6.14. The second-order valence-electron chi connectivity index (χ2n) is 9.97. The van der Waals surface area contributed by atoms with Crippen molar-refractivity contribution in [2.24, 2.45) is 0 Å². The predicted molar refractivity (Wildman–Crippen MR) is 127 cm³/mol. The van der Waals surface area contributed by atoms with Crippen LogP contribution in [0, 0.1) is 0 Å². The zero-order chi connectivity index (χ0) is 22.2. The molecule has 6 heteroatoms. The molecule has 0 saturated heterocycles. The van der Waals surface area contributed by atoms with Crippen LogP contribution >= 0.6 is 0 Å². The molecule has 3 aliphatic rings. The van der Waals surface area contributed by atoms with Gasteiger partial charge in [-0.25, -0.2) is 9.97 Å². The molecule has 32 heavy (non-hydrogen) atoms. The number of anilines is 1. The molecule has 0 spiro atoms. The van der Waals surface area contributed by atoms with Gasteiger partial charge in [0.15, 0.2) is 0 Å². The number of hydrogen-bond donors (Lipinski definition) is 0. The van der Waals surface area contributed by atoms with E-state index in [-0.39, 0.29) is 5.91 Å². The van der Waals surface area contributed by atoms with Crippen molar-refractivity contribution >= 4 is 11.9 Å². The Hall–Kier alpha value is -2.47. The first-order valence-electron chi connectivity index (χ1n) is 12.1. The minimum Gasteiger partial charge on any atom is -0.347 e. The summed E-state index contributed by atoms with van der Waals surface area (Å²) in [5, 5.41) is 0. The number of carbonyl (C=O) groups excluding carboxylic acids is 1. The van der Waals surface area contributed by atoms with Crippen LogP contribution in [0.25, 0.3) is 0 Å². The van der Waals surface area contributed by atoms with E-state index in [0.29, 0.717) is 12.1 Å². The van der Waals surface area contributed by atoms with Gasteiger partial charge in [0.1, 0.15) is 0 Å². The molecule has 0 bridgehead atoms. The molecule has 0 unspecified atom stereocenters. The number of aromatic nitrogens is 2. The fraction of sp³-hybridized carbons (Fsp3) is 0.577. The van der Waals surface area contributed by atoms with Crippen LogP contribution in [0.4, 0.5) is 5.95 Å². The molecule has 0 N–H and O–H groups in total. The number of aryl methyl sites for hydroxylation is 2. The molecular formula is C26H35N5O. The van der Waals surface area contributed by atoms with Gasteiger partial charge in [0.25, 0.3) is 5.91 Å². The van der Waals surface area contributed by atoms with E-state index in [0.717, 1.165) is 69.5 Å². The summed E-state index contributed by atoms with van der Waals surface area (Å²) in [6.07, 6.45) is 11.0. The van der Waals surface area contributed by atoms with Gasteiger partial charge in [-0.1, -0.05) is 6.07 Å². The Kier molecular flexibility index (Phi) is 5.89. The van der Waals surface area contributed by atoms with Crippen molar-refractivity contribution in [3.8, 4) is 0 Å². The first-order chi connectivity index (χ1) is 15.5. The zero-order valence-electron chi connectivity index (χ0n) is 19.7. The summed E-state index contributed by atoms with van der Waals surface area (Å²) in [7, 11) is 5.97. The van der Waals surface area contributed by atoms with E-state index in [1.165, 1.54) is 28.8 Å². The second-order valence-corrected chi connectivity index (χ2v) is 9.97. The molecule has 2 aliphatic carbocycles. The van der Waals surface area contributed by atoms with Crippen LogP contribution in [0.1, 0.15) is 64.8 Å². The fourth-order valence-corrected chi connectivity index (χ4v) is 5.74. The summed E-state index contributed by atoms with van der Waals surface area (Å²) in [6.45, 7) is 2.01. The number of hydrogen-bond acceptors (Lipinski definition) is 5. The normalized spacial score (nSPS) is 22.8. The maximum absolute atomic E-state index is 13.1. The smallest absolute Gasteiger partial charge is 0.253 e. The van der Waals surface area contributed by atoms with Crippen molar-refractivity contribution in [3.05, 3.63) is 52.3 Å². The fourth-order valence-electron chi connectivity index (χ4n) is 5.74. The molecule has 2 heterocycles. The highest BCUT2D eigenvalue weighted by Gasteiger charge is 2.32. The van der Waals surface area contributed by atoms with E-state index in [9.17, 15) is 4.79 Å². The lowest BCUT2D eigenvalue weighted by Crippen LogP contribution is -2.46. The van der Waals surface area contributed by atoms with E-state index in [2.05, 4.69) is 22.0 Å². The highest BCUT2D eigenvalue weighted by Crippen LogP contribution is 2.31. The molecule has 1 fully saturated rings. The first kappa shape index (κ1) is 21.4. The number of fused-ring (bicyclic) bond motifs is 2. The first-order valence-corrected chi connectivity index (χ1v) is 12.1. The number of benzene rings is 1. The molecule has 0 atom stereocenters. The summed E-state index contributed by atoms with van der Waals surface area (Å²) in [6, 6.07) is 7.27. The Labute approximate surface area is 191 Å². The molecule has 1 amide bonds. The monoisotopic (exact) mass is 433 g/mol. The van der Waals surface area contributed by atoms with Gasteiger partial charge in [-0.2, -0.15) is 0 Å². The minimum atomic E-state index is 0.184. The average molecular weight is 434 g/mol. The van der Waals surface area contributed by atoms with Gasteiger partial charge in [-0.15, -0.1) is 0 Å². The Balaban J connectivity index is 1.18. The number of rotatable bonds is 4. The van der Waals surface area contributed by atoms with Crippen LogP contribution in [0.5, 0.6) is 0 Å². The van der Waals surface area contributed by atoms with Crippen molar-refractivity contribution in [3.63, 3.8) is 0 Å². The molecule has 1 aliphatic heterocycles. The van der Waals surface area contributed by atoms with Crippen molar-refractivity contribution < 1.29 is 4.79 Å². The molecule has 170 valence electrons. The maximum atomic E-state index is 13.1. The molecule has 2 aromatic rings. The van der Waals surface area contributed by atoms with Crippen molar-refractivity contribution in [1.82, 2.24) is 19.8 Å². The molecular weight excluding hydrogens is 398 g/mol. The lowest BCUT2D eigenvalue weighted by molar-refractivity contribution is 0.0614. The standard InChI is InChI=1S/C26H35N5O/c1-29(2)26-27-16-21-17-31(14-13-24(21)28-26)23-11-9-22(10-12-23)30(3)25(32)20-8-7-18-5-4-6-19(18)15-20/h7-8,15-16,22-23H,4-6,9-14,17H2,1-3H3. The SMILES string of the molecule is CN(C)c1ncc2c(n1)CCN(C1CCC(N(C)C(=O)c3ccc4c(c3)CCC4)CC1)C2. The van der Waals surface area contributed by atoms with Gasteiger partial charge in [0.05, 0.1) is 5.69 Å². The van der Waals surface area contributed by atoms with Crippen LogP contribution in [-0.4, -0.2) is 65.4 Å². The molecule has 1 aromatic carbocycles. The Morgan fingerprint density at radius 1 is 1.00 bits per heavy atom. The van der Waals surface area contributed by atoms with Gasteiger partial charge < -0.3 is 9.80 Å². The van der Waals surface area contributed by atoms with Crippen molar-refractivity contribution in [2.75, 3.05) is 32.6 Å². The van der Waals surface area contributed by atoms with Crippen LogP contribution in [-0.2, 0) is 25.8 Å². The van der Waals surface area contributed by atoms with Crippen molar-refractivity contribution in [2.45, 2.75) is 70.0 Å². The van der Waals surface area contributed by atoms with Crippen LogP contribution in [0.3, 0.4) is 0 Å². The third-order valence-electron chi connectivity index (χ3n) is 7.75. The highest BCUT2D eigenvalue weighted by atomic mass is 16.2. The zero-order valence-corrected chi connectivity index (χ0v) is 19.7. The molecule has 0 radical (unpaired) electrons. The maximum Gasteiger partial charge on any atom is 0.253 e. The third-order valence-corrected chi connectivity index (χ3v) is 7.75. The quantitative estimate of drug-likeness (QED) is 0.739. The lowest BCUT2D eigenvalue weighted by Gasteiger charge is -2.41. The van der Waals surface area contributed by atoms with Gasteiger partial charge in [0.2, 0.25) is 5.95 Å². The highest BCUT2D eigenvalue weighted by molar-refractivity contribution is 5.94. The van der Waals surface area contributed by atoms with E-state index in [1.54, 1.807) is 0 Å². The van der Waals surface area contributed by atoms with Gasteiger partial charge >= 0.3 is 0 Å². The van der Waals surface area contributed by atoms with Gasteiger partial charge in [0, 0.05) is 70.1 Å². The van der Waals surface area contributed by atoms with Gasteiger partial charge in [-0.05, 0) is 68.2 Å². The molecule has 1 saturated carbocycles. The molecule has 5 rings (SSSR count). The predicted octanol–water partition coefficient (Wildman–Crippen LogP) is 3.47. The van der Waals surface area contributed by atoms with E-state index >= 15 is 0 Å². The van der Waals surface area contributed by atoms with Gasteiger partial charge in [-0.3, -0.25) is 9.69 Å². The minimum absolute atomic E-state index is 0.184. The average Bonchev–Trinajstić information content (AvgIpc) is 3.30.